The predicted octanol–water partition coefficient (Wildman–Crippen LogP) is 4.25. The van der Waals surface area contributed by atoms with Gasteiger partial charge in [0.1, 0.15) is 23.9 Å². The molecule has 0 aromatic heterocycles. The van der Waals surface area contributed by atoms with E-state index in [4.69, 9.17) is 4.74 Å². The molecule has 1 saturated heterocycles. The number of hydrogen-bond acceptors (Lipinski definition) is 5. The highest BCUT2D eigenvalue weighted by Crippen LogP contribution is 2.32. The molecule has 1 heterocycles. The zero-order valence-electron chi connectivity index (χ0n) is 13.3. The molecule has 2 aromatic rings. The number of carbonyl (C=O) groups excluding carboxylic acids is 2. The van der Waals surface area contributed by atoms with Gasteiger partial charge in [0.2, 0.25) is 0 Å². The van der Waals surface area contributed by atoms with Gasteiger partial charge < -0.3 is 9.84 Å². The van der Waals surface area contributed by atoms with E-state index in [0.29, 0.717) is 14.2 Å². The average molecular weight is 485 g/mol. The van der Waals surface area contributed by atoms with Gasteiger partial charge in [-0.2, -0.15) is 0 Å². The number of aromatic hydroxyl groups is 1. The summed E-state index contributed by atoms with van der Waals surface area (Å²) in [6.07, 6.45) is 1.62. The van der Waals surface area contributed by atoms with Crippen LogP contribution in [0.25, 0.3) is 6.08 Å². The van der Waals surface area contributed by atoms with Crippen molar-refractivity contribution in [2.45, 2.75) is 0 Å². The largest absolute Gasteiger partial charge is 0.507 e. The van der Waals surface area contributed by atoms with Crippen molar-refractivity contribution in [1.82, 2.24) is 4.90 Å². The molecular weight excluding hydrogens is 472 g/mol. The standard InChI is InChI=1S/C18H13FINO4S/c19-12-2-4-13(5-3-12)25-8-7-21-17(23)16(26-18(21)24)10-11-1-6-15(22)14(20)9-11/h1-6,9-10,22H,7-8H2/b16-10-. The predicted molar refractivity (Wildman–Crippen MR) is 105 cm³/mol. The van der Waals surface area contributed by atoms with E-state index in [1.165, 1.54) is 30.3 Å². The van der Waals surface area contributed by atoms with Gasteiger partial charge in [0, 0.05) is 0 Å². The third-order valence-electron chi connectivity index (χ3n) is 3.54. The first-order chi connectivity index (χ1) is 12.4. The highest BCUT2D eigenvalue weighted by molar-refractivity contribution is 14.1. The molecule has 0 bridgehead atoms. The van der Waals surface area contributed by atoms with Gasteiger partial charge in [-0.25, -0.2) is 4.39 Å². The minimum Gasteiger partial charge on any atom is -0.507 e. The summed E-state index contributed by atoms with van der Waals surface area (Å²) in [5, 5.41) is 9.19. The Morgan fingerprint density at radius 3 is 2.62 bits per heavy atom. The second-order valence-corrected chi connectivity index (χ2v) is 7.50. The zero-order valence-corrected chi connectivity index (χ0v) is 16.3. The Bertz CT molecular complexity index is 885. The van der Waals surface area contributed by atoms with Crippen LogP contribution in [0, 0.1) is 9.39 Å². The molecule has 0 unspecified atom stereocenters. The van der Waals surface area contributed by atoms with Crippen LogP contribution in [0.1, 0.15) is 5.56 Å². The van der Waals surface area contributed by atoms with Crippen LogP contribution in [-0.4, -0.2) is 34.3 Å². The van der Waals surface area contributed by atoms with Crippen molar-refractivity contribution in [3.05, 3.63) is 62.3 Å². The molecular formula is C18H13FINO4S. The van der Waals surface area contributed by atoms with E-state index in [-0.39, 0.29) is 35.9 Å². The van der Waals surface area contributed by atoms with Gasteiger partial charge >= 0.3 is 0 Å². The van der Waals surface area contributed by atoms with Gasteiger partial charge in [-0.15, -0.1) is 0 Å². The summed E-state index contributed by atoms with van der Waals surface area (Å²) in [4.78, 5) is 25.9. The summed E-state index contributed by atoms with van der Waals surface area (Å²) in [7, 11) is 0. The SMILES string of the molecule is O=C1S/C(=C\c2ccc(O)c(I)c2)C(=O)N1CCOc1ccc(F)cc1. The zero-order chi connectivity index (χ0) is 18.7. The fraction of sp³-hybridized carbons (Fsp3) is 0.111. The first-order valence-corrected chi connectivity index (χ1v) is 9.46. The summed E-state index contributed by atoms with van der Waals surface area (Å²) >= 11 is 2.85. The van der Waals surface area contributed by atoms with E-state index < -0.39 is 0 Å². The number of imide groups is 1. The lowest BCUT2D eigenvalue weighted by Crippen LogP contribution is -2.32. The van der Waals surface area contributed by atoms with Crippen molar-refractivity contribution in [2.24, 2.45) is 0 Å². The number of amides is 2. The van der Waals surface area contributed by atoms with Crippen LogP contribution in [-0.2, 0) is 4.79 Å². The molecule has 2 amide bonds. The van der Waals surface area contributed by atoms with Gasteiger partial charge in [-0.3, -0.25) is 14.5 Å². The fourth-order valence-corrected chi connectivity index (χ4v) is 3.65. The van der Waals surface area contributed by atoms with Crippen molar-refractivity contribution >= 4 is 51.6 Å². The first-order valence-electron chi connectivity index (χ1n) is 7.56. The summed E-state index contributed by atoms with van der Waals surface area (Å²) in [5.74, 6) is -0.121. The molecule has 1 fully saturated rings. The number of halogens is 2. The highest BCUT2D eigenvalue weighted by atomic mass is 127. The van der Waals surface area contributed by atoms with Crippen LogP contribution >= 0.6 is 34.4 Å². The molecule has 134 valence electrons. The lowest BCUT2D eigenvalue weighted by molar-refractivity contribution is -0.123. The Balaban J connectivity index is 1.63. The second-order valence-electron chi connectivity index (χ2n) is 5.35. The highest BCUT2D eigenvalue weighted by Gasteiger charge is 2.34. The molecule has 8 heteroatoms. The van der Waals surface area contributed by atoms with Gasteiger partial charge in [-0.05, 0) is 82.4 Å². The van der Waals surface area contributed by atoms with Crippen LogP contribution in [0.5, 0.6) is 11.5 Å². The monoisotopic (exact) mass is 485 g/mol. The van der Waals surface area contributed by atoms with E-state index in [0.717, 1.165) is 22.2 Å². The molecule has 1 aliphatic heterocycles. The summed E-state index contributed by atoms with van der Waals surface area (Å²) in [6.45, 7) is 0.223. The number of benzene rings is 2. The summed E-state index contributed by atoms with van der Waals surface area (Å²) in [5.41, 5.74) is 0.722. The van der Waals surface area contributed by atoms with Crippen molar-refractivity contribution < 1.29 is 23.8 Å². The van der Waals surface area contributed by atoms with E-state index in [1.54, 1.807) is 18.2 Å². The molecule has 0 saturated carbocycles. The number of thioether (sulfide) groups is 1. The lowest BCUT2D eigenvalue weighted by atomic mass is 10.2. The van der Waals surface area contributed by atoms with Crippen molar-refractivity contribution in [3.63, 3.8) is 0 Å². The molecule has 1 aliphatic rings. The van der Waals surface area contributed by atoms with Crippen molar-refractivity contribution in [1.29, 1.82) is 0 Å². The van der Waals surface area contributed by atoms with Crippen molar-refractivity contribution in [3.8, 4) is 11.5 Å². The van der Waals surface area contributed by atoms with Crippen LogP contribution < -0.4 is 4.74 Å². The third-order valence-corrected chi connectivity index (χ3v) is 5.31. The van der Waals surface area contributed by atoms with E-state index in [9.17, 15) is 19.1 Å². The molecule has 0 atom stereocenters. The van der Waals surface area contributed by atoms with Gasteiger partial charge in [0.15, 0.2) is 0 Å². The Labute approximate surface area is 167 Å². The normalized spacial score (nSPS) is 15.8. The molecule has 26 heavy (non-hydrogen) atoms. The van der Waals surface area contributed by atoms with Crippen LogP contribution in [0.3, 0.4) is 0 Å². The Morgan fingerprint density at radius 1 is 1.19 bits per heavy atom. The van der Waals surface area contributed by atoms with Crippen molar-refractivity contribution in [2.75, 3.05) is 13.2 Å². The molecule has 0 spiro atoms. The minimum atomic E-state index is -0.384. The smallest absolute Gasteiger partial charge is 0.293 e. The maximum absolute atomic E-state index is 12.8. The maximum Gasteiger partial charge on any atom is 0.293 e. The number of rotatable bonds is 5. The molecule has 0 aliphatic carbocycles. The molecule has 1 N–H and O–H groups in total. The Kier molecular flexibility index (Phi) is 5.82. The summed E-state index contributed by atoms with van der Waals surface area (Å²) < 4.78 is 18.9. The quantitative estimate of drug-likeness (QED) is 0.507. The van der Waals surface area contributed by atoms with E-state index in [1.807, 2.05) is 22.6 Å². The topological polar surface area (TPSA) is 66.8 Å². The van der Waals surface area contributed by atoms with Gasteiger partial charge in [0.05, 0.1) is 15.0 Å². The lowest BCUT2D eigenvalue weighted by Gasteiger charge is -2.13. The number of hydrogen-bond donors (Lipinski definition) is 1. The van der Waals surface area contributed by atoms with Crippen LogP contribution in [0.15, 0.2) is 47.4 Å². The Morgan fingerprint density at radius 2 is 1.92 bits per heavy atom. The molecule has 0 radical (unpaired) electrons. The second kappa shape index (κ2) is 8.09. The number of phenols is 1. The number of ether oxygens (including phenoxy) is 1. The fourth-order valence-electron chi connectivity index (χ4n) is 2.24. The van der Waals surface area contributed by atoms with Crippen LogP contribution in [0.4, 0.5) is 9.18 Å². The molecule has 5 nitrogen and oxygen atoms in total. The van der Waals surface area contributed by atoms with Crippen LogP contribution in [0.2, 0.25) is 0 Å². The average Bonchev–Trinajstić information content (AvgIpc) is 2.87. The molecule has 2 aromatic carbocycles. The first kappa shape index (κ1) is 18.7. The van der Waals surface area contributed by atoms with Gasteiger partial charge in [0.25, 0.3) is 11.1 Å². The third kappa shape index (κ3) is 4.36. The summed E-state index contributed by atoms with van der Waals surface area (Å²) in [6, 6.07) is 10.4. The number of carbonyl (C=O) groups is 2. The Hall–Kier alpha value is -2.07. The number of nitrogens with zero attached hydrogens (tertiary/aromatic N) is 1. The number of phenolic OH excluding ortho intramolecular Hbond substituents is 1. The minimum absolute atomic E-state index is 0.104. The van der Waals surface area contributed by atoms with E-state index >= 15 is 0 Å². The molecule has 3 rings (SSSR count). The van der Waals surface area contributed by atoms with Gasteiger partial charge in [-0.1, -0.05) is 6.07 Å². The maximum atomic E-state index is 12.8. The van der Waals surface area contributed by atoms with E-state index in [2.05, 4.69) is 0 Å².